The molecule has 0 saturated heterocycles. The highest BCUT2D eigenvalue weighted by molar-refractivity contribution is 6.31. The zero-order chi connectivity index (χ0) is 13.9. The molecule has 0 saturated carbocycles. The van der Waals surface area contributed by atoms with Crippen molar-refractivity contribution in [2.75, 3.05) is 14.2 Å². The van der Waals surface area contributed by atoms with Crippen molar-refractivity contribution in [3.8, 4) is 17.2 Å². The summed E-state index contributed by atoms with van der Waals surface area (Å²) in [6.45, 7) is 0. The quantitative estimate of drug-likeness (QED) is 0.741. The molecule has 0 aliphatic rings. The molecule has 0 aliphatic heterocycles. The van der Waals surface area contributed by atoms with E-state index in [4.69, 9.17) is 31.9 Å². The van der Waals surface area contributed by atoms with Crippen LogP contribution in [0.2, 0.25) is 5.02 Å². The summed E-state index contributed by atoms with van der Waals surface area (Å²) < 4.78 is 9.97. The summed E-state index contributed by atoms with van der Waals surface area (Å²) in [6, 6.07) is 0.274. The zero-order valence-electron chi connectivity index (χ0n) is 9.94. The monoisotopic (exact) mass is 275 g/mol. The van der Waals surface area contributed by atoms with E-state index in [0.717, 1.165) is 0 Å². The van der Waals surface area contributed by atoms with Gasteiger partial charge >= 0.3 is 5.97 Å². The van der Waals surface area contributed by atoms with E-state index in [1.165, 1.54) is 20.3 Å². The third kappa shape index (κ3) is 2.77. The first-order valence-electron chi connectivity index (χ1n) is 5.03. The van der Waals surface area contributed by atoms with E-state index in [1.54, 1.807) is 0 Å². The molecular weight excluding hydrogens is 262 g/mol. The number of nitrogens with two attached hydrogens (primary N) is 1. The standard InChI is InChI=1S/C11H14ClNO5/c1-17-8-4-6(12)5(3-7(13)11(15)16)9(14)10(8)18-2/h4,7,14H,3,13H2,1-2H3,(H,15,16). The highest BCUT2D eigenvalue weighted by Gasteiger charge is 2.22. The molecule has 0 bridgehead atoms. The lowest BCUT2D eigenvalue weighted by molar-refractivity contribution is -0.138. The van der Waals surface area contributed by atoms with Crippen LogP contribution >= 0.6 is 11.6 Å². The molecule has 1 rings (SSSR count). The van der Waals surface area contributed by atoms with E-state index >= 15 is 0 Å². The molecule has 0 radical (unpaired) electrons. The normalized spacial score (nSPS) is 12.0. The molecule has 0 fully saturated rings. The third-order valence-electron chi connectivity index (χ3n) is 2.44. The number of carboxylic acid groups (broad SMARTS) is 1. The number of halogens is 1. The Kier molecular flexibility index (Phi) is 4.63. The molecule has 4 N–H and O–H groups in total. The van der Waals surface area contributed by atoms with Crippen LogP contribution in [-0.4, -0.2) is 36.4 Å². The minimum Gasteiger partial charge on any atom is -0.504 e. The maximum atomic E-state index is 10.7. The summed E-state index contributed by atoms with van der Waals surface area (Å²) in [6.07, 6.45) is -0.111. The first kappa shape index (κ1) is 14.4. The lowest BCUT2D eigenvalue weighted by Gasteiger charge is -2.15. The second-order valence-electron chi connectivity index (χ2n) is 3.57. The van der Waals surface area contributed by atoms with Crippen molar-refractivity contribution in [2.45, 2.75) is 12.5 Å². The Morgan fingerprint density at radius 3 is 2.56 bits per heavy atom. The van der Waals surface area contributed by atoms with Crippen LogP contribution in [0.25, 0.3) is 0 Å². The van der Waals surface area contributed by atoms with Crippen molar-refractivity contribution in [3.05, 3.63) is 16.7 Å². The lowest BCUT2D eigenvalue weighted by atomic mass is 10.0. The van der Waals surface area contributed by atoms with Gasteiger partial charge in [-0.05, 0) is 0 Å². The van der Waals surface area contributed by atoms with E-state index in [9.17, 15) is 9.90 Å². The Bertz CT molecular complexity index is 463. The first-order chi connectivity index (χ1) is 8.42. The molecule has 0 aliphatic carbocycles. The van der Waals surface area contributed by atoms with Gasteiger partial charge in [0.2, 0.25) is 5.75 Å². The van der Waals surface area contributed by atoms with Crippen molar-refractivity contribution in [2.24, 2.45) is 5.73 Å². The summed E-state index contributed by atoms with van der Waals surface area (Å²) in [5.74, 6) is -1.10. The molecule has 100 valence electrons. The summed E-state index contributed by atoms with van der Waals surface area (Å²) in [7, 11) is 2.75. The van der Waals surface area contributed by atoms with Gasteiger partial charge in [0.1, 0.15) is 6.04 Å². The molecule has 7 heteroatoms. The van der Waals surface area contributed by atoms with Crippen LogP contribution in [-0.2, 0) is 11.2 Å². The van der Waals surface area contributed by atoms with Gasteiger partial charge in [-0.2, -0.15) is 0 Å². The van der Waals surface area contributed by atoms with Gasteiger partial charge in [0.05, 0.1) is 19.2 Å². The molecule has 0 heterocycles. The Labute approximate surface area is 109 Å². The number of carboxylic acids is 1. The molecule has 1 unspecified atom stereocenters. The predicted octanol–water partition coefficient (Wildman–Crippen LogP) is 1.02. The van der Waals surface area contributed by atoms with Gasteiger partial charge in [-0.3, -0.25) is 4.79 Å². The van der Waals surface area contributed by atoms with Crippen LogP contribution in [0.15, 0.2) is 6.07 Å². The van der Waals surface area contributed by atoms with Gasteiger partial charge in [0.25, 0.3) is 0 Å². The Morgan fingerprint density at radius 2 is 2.11 bits per heavy atom. The van der Waals surface area contributed by atoms with Crippen LogP contribution < -0.4 is 15.2 Å². The van der Waals surface area contributed by atoms with E-state index in [2.05, 4.69) is 0 Å². The number of aromatic hydroxyl groups is 1. The van der Waals surface area contributed by atoms with Crippen molar-refractivity contribution in [1.82, 2.24) is 0 Å². The predicted molar refractivity (Wildman–Crippen MR) is 65.5 cm³/mol. The largest absolute Gasteiger partial charge is 0.504 e. The average Bonchev–Trinajstić information content (AvgIpc) is 2.33. The van der Waals surface area contributed by atoms with Crippen molar-refractivity contribution in [1.29, 1.82) is 0 Å². The molecule has 0 aromatic heterocycles. The molecule has 1 atom stereocenters. The van der Waals surface area contributed by atoms with Gasteiger partial charge in [-0.1, -0.05) is 11.6 Å². The minimum absolute atomic E-state index is 0.0921. The van der Waals surface area contributed by atoms with Crippen LogP contribution in [0.4, 0.5) is 0 Å². The SMILES string of the molecule is COc1cc(Cl)c(CC(N)C(=O)O)c(O)c1OC. The number of rotatable bonds is 5. The Hall–Kier alpha value is -1.66. The fraction of sp³-hybridized carbons (Fsp3) is 0.364. The fourth-order valence-electron chi connectivity index (χ4n) is 1.48. The number of ether oxygens (including phenoxy) is 2. The number of hydrogen-bond acceptors (Lipinski definition) is 5. The number of carbonyl (C=O) groups is 1. The number of benzene rings is 1. The maximum Gasteiger partial charge on any atom is 0.320 e. The molecule has 6 nitrogen and oxygen atoms in total. The van der Waals surface area contributed by atoms with E-state index in [1.807, 2.05) is 0 Å². The number of phenols is 1. The molecule has 18 heavy (non-hydrogen) atoms. The van der Waals surface area contributed by atoms with Crippen LogP contribution in [0.5, 0.6) is 17.2 Å². The second kappa shape index (κ2) is 5.79. The fourth-order valence-corrected chi connectivity index (χ4v) is 1.75. The third-order valence-corrected chi connectivity index (χ3v) is 2.77. The number of hydrogen-bond donors (Lipinski definition) is 3. The van der Waals surface area contributed by atoms with E-state index in [-0.39, 0.29) is 34.3 Å². The average molecular weight is 276 g/mol. The number of aliphatic carboxylic acids is 1. The van der Waals surface area contributed by atoms with E-state index < -0.39 is 12.0 Å². The molecule has 1 aromatic rings. The summed E-state index contributed by atoms with van der Waals surface area (Å²) >= 11 is 5.95. The van der Waals surface area contributed by atoms with Crippen LogP contribution in [0, 0.1) is 0 Å². The molecular formula is C11H14ClNO5. The Balaban J connectivity index is 3.24. The van der Waals surface area contributed by atoms with E-state index in [0.29, 0.717) is 0 Å². The van der Waals surface area contributed by atoms with Gasteiger partial charge in [-0.15, -0.1) is 0 Å². The highest BCUT2D eigenvalue weighted by atomic mass is 35.5. The molecule has 1 aromatic carbocycles. The minimum atomic E-state index is -1.18. The summed E-state index contributed by atoms with van der Waals surface area (Å²) in [5.41, 5.74) is 5.62. The van der Waals surface area contributed by atoms with Gasteiger partial charge < -0.3 is 25.4 Å². The first-order valence-corrected chi connectivity index (χ1v) is 5.40. The lowest BCUT2D eigenvalue weighted by Crippen LogP contribution is -2.32. The van der Waals surface area contributed by atoms with Crippen molar-refractivity contribution < 1.29 is 24.5 Å². The summed E-state index contributed by atoms with van der Waals surface area (Å²) in [5, 5.41) is 18.9. The number of methoxy groups -OCH3 is 2. The zero-order valence-corrected chi connectivity index (χ0v) is 10.7. The smallest absolute Gasteiger partial charge is 0.320 e. The van der Waals surface area contributed by atoms with Gasteiger partial charge in [0, 0.05) is 18.1 Å². The van der Waals surface area contributed by atoms with Gasteiger partial charge in [0.15, 0.2) is 11.5 Å². The highest BCUT2D eigenvalue weighted by Crippen LogP contribution is 2.43. The van der Waals surface area contributed by atoms with Crippen molar-refractivity contribution in [3.63, 3.8) is 0 Å². The molecule has 0 spiro atoms. The second-order valence-corrected chi connectivity index (χ2v) is 3.98. The Morgan fingerprint density at radius 1 is 1.50 bits per heavy atom. The van der Waals surface area contributed by atoms with Crippen LogP contribution in [0.1, 0.15) is 5.56 Å². The maximum absolute atomic E-state index is 10.7. The number of phenolic OH excluding ortho intramolecular Hbond substituents is 1. The van der Waals surface area contributed by atoms with Crippen molar-refractivity contribution >= 4 is 17.6 Å². The van der Waals surface area contributed by atoms with Crippen LogP contribution in [0.3, 0.4) is 0 Å². The summed E-state index contributed by atoms with van der Waals surface area (Å²) in [4.78, 5) is 10.7. The molecule has 0 amide bonds. The topological polar surface area (TPSA) is 102 Å². The van der Waals surface area contributed by atoms with Gasteiger partial charge in [-0.25, -0.2) is 0 Å².